The van der Waals surface area contributed by atoms with E-state index in [2.05, 4.69) is 5.32 Å². The molecule has 1 nitrogen and oxygen atoms in total. The summed E-state index contributed by atoms with van der Waals surface area (Å²) in [5.74, 6) is 1.57. The first-order chi connectivity index (χ1) is 7.72. The summed E-state index contributed by atoms with van der Waals surface area (Å²) in [5, 5.41) is 3.39. The van der Waals surface area contributed by atoms with Gasteiger partial charge < -0.3 is 5.32 Å². The van der Waals surface area contributed by atoms with Crippen molar-refractivity contribution in [2.45, 2.75) is 38.6 Å². The highest BCUT2D eigenvalue weighted by Crippen LogP contribution is 2.45. The highest BCUT2D eigenvalue weighted by molar-refractivity contribution is 5.47. The normalized spacial score (nSPS) is 32.0. The van der Waals surface area contributed by atoms with Gasteiger partial charge in [-0.25, -0.2) is 4.39 Å². The molecule has 0 amide bonds. The number of nitrogens with one attached hydrogen (secondary N) is 1. The molecule has 16 heavy (non-hydrogen) atoms. The van der Waals surface area contributed by atoms with E-state index in [0.717, 1.165) is 17.4 Å². The Morgan fingerprint density at radius 3 is 2.75 bits per heavy atom. The smallest absolute Gasteiger partial charge is 0.146 e. The maximum atomic E-state index is 13.7. The molecule has 0 saturated heterocycles. The van der Waals surface area contributed by atoms with Crippen LogP contribution >= 0.6 is 0 Å². The molecule has 2 bridgehead atoms. The van der Waals surface area contributed by atoms with Gasteiger partial charge in [0.1, 0.15) is 5.82 Å². The Hall–Kier alpha value is -1.05. The van der Waals surface area contributed by atoms with Gasteiger partial charge >= 0.3 is 0 Å². The number of aryl methyl sites for hydroxylation is 1. The second-order valence-electron chi connectivity index (χ2n) is 5.41. The molecule has 0 aliphatic heterocycles. The van der Waals surface area contributed by atoms with Crippen LogP contribution in [0.25, 0.3) is 0 Å². The summed E-state index contributed by atoms with van der Waals surface area (Å²) in [6.07, 6.45) is 5.30. The van der Waals surface area contributed by atoms with Crippen molar-refractivity contribution in [1.29, 1.82) is 0 Å². The molecule has 2 fully saturated rings. The van der Waals surface area contributed by atoms with Crippen molar-refractivity contribution in [2.75, 3.05) is 5.32 Å². The van der Waals surface area contributed by atoms with Gasteiger partial charge in [0.15, 0.2) is 0 Å². The van der Waals surface area contributed by atoms with E-state index in [4.69, 9.17) is 0 Å². The molecule has 1 aromatic carbocycles. The molecule has 2 aliphatic rings. The van der Waals surface area contributed by atoms with Gasteiger partial charge in [0.05, 0.1) is 5.69 Å². The number of fused-ring (bicyclic) bond motifs is 2. The largest absolute Gasteiger partial charge is 0.380 e. The molecule has 2 aliphatic carbocycles. The lowest BCUT2D eigenvalue weighted by molar-refractivity contribution is 0.438. The lowest BCUT2D eigenvalue weighted by atomic mass is 9.95. The lowest BCUT2D eigenvalue weighted by Crippen LogP contribution is -2.26. The molecule has 3 rings (SSSR count). The fraction of sp³-hybridized carbons (Fsp3) is 0.571. The molecule has 0 heterocycles. The van der Waals surface area contributed by atoms with Crippen molar-refractivity contribution in [3.63, 3.8) is 0 Å². The van der Waals surface area contributed by atoms with Crippen LogP contribution in [0.3, 0.4) is 0 Å². The molecule has 3 atom stereocenters. The van der Waals surface area contributed by atoms with Crippen LogP contribution < -0.4 is 5.32 Å². The third kappa shape index (κ3) is 1.70. The van der Waals surface area contributed by atoms with Crippen LogP contribution in [0, 0.1) is 24.6 Å². The van der Waals surface area contributed by atoms with E-state index in [1.165, 1.54) is 25.7 Å². The lowest BCUT2D eigenvalue weighted by Gasteiger charge is -2.24. The van der Waals surface area contributed by atoms with E-state index >= 15 is 0 Å². The average molecular weight is 219 g/mol. The number of benzene rings is 1. The minimum Gasteiger partial charge on any atom is -0.380 e. The molecule has 86 valence electrons. The van der Waals surface area contributed by atoms with Gasteiger partial charge in [0, 0.05) is 6.04 Å². The number of anilines is 1. The molecule has 2 heteroatoms. The summed E-state index contributed by atoms with van der Waals surface area (Å²) in [6, 6.07) is 5.96. The topological polar surface area (TPSA) is 12.0 Å². The van der Waals surface area contributed by atoms with Gasteiger partial charge in [-0.15, -0.1) is 0 Å². The Kier molecular flexibility index (Phi) is 2.38. The molecule has 1 N–H and O–H groups in total. The quantitative estimate of drug-likeness (QED) is 0.799. The van der Waals surface area contributed by atoms with Crippen LogP contribution in [-0.4, -0.2) is 6.04 Å². The fourth-order valence-corrected chi connectivity index (χ4v) is 3.36. The van der Waals surface area contributed by atoms with Gasteiger partial charge in [-0.2, -0.15) is 0 Å². The van der Waals surface area contributed by atoms with Crippen LogP contribution in [0.2, 0.25) is 0 Å². The number of halogens is 1. The molecule has 0 radical (unpaired) electrons. The van der Waals surface area contributed by atoms with Crippen LogP contribution in [0.1, 0.15) is 31.2 Å². The standard InChI is InChI=1S/C14H18FN/c1-9-2-5-13(12(15)6-9)16-14-8-10-3-4-11(14)7-10/h2,5-6,10-11,14,16H,3-4,7-8H2,1H3. The van der Waals surface area contributed by atoms with E-state index in [0.29, 0.717) is 11.7 Å². The van der Waals surface area contributed by atoms with Crippen LogP contribution in [0.5, 0.6) is 0 Å². The summed E-state index contributed by atoms with van der Waals surface area (Å²) in [5.41, 5.74) is 1.67. The highest BCUT2D eigenvalue weighted by Gasteiger charge is 2.39. The first kappa shape index (κ1) is 10.1. The van der Waals surface area contributed by atoms with Crippen LogP contribution in [-0.2, 0) is 0 Å². The Morgan fingerprint density at radius 2 is 2.12 bits per heavy atom. The second kappa shape index (κ2) is 3.76. The maximum absolute atomic E-state index is 13.7. The van der Waals surface area contributed by atoms with E-state index in [1.807, 2.05) is 19.1 Å². The summed E-state index contributed by atoms with van der Waals surface area (Å²) < 4.78 is 13.7. The van der Waals surface area contributed by atoms with E-state index in [1.54, 1.807) is 6.07 Å². The van der Waals surface area contributed by atoms with Crippen molar-refractivity contribution in [2.24, 2.45) is 11.8 Å². The molecular weight excluding hydrogens is 201 g/mol. The van der Waals surface area contributed by atoms with Crippen molar-refractivity contribution >= 4 is 5.69 Å². The monoisotopic (exact) mass is 219 g/mol. The van der Waals surface area contributed by atoms with Crippen molar-refractivity contribution < 1.29 is 4.39 Å². The second-order valence-corrected chi connectivity index (χ2v) is 5.41. The zero-order valence-corrected chi connectivity index (χ0v) is 9.67. The molecule has 0 aromatic heterocycles. The summed E-state index contributed by atoms with van der Waals surface area (Å²) in [7, 11) is 0. The SMILES string of the molecule is Cc1ccc(NC2CC3CCC2C3)c(F)c1. The van der Waals surface area contributed by atoms with Crippen LogP contribution in [0.4, 0.5) is 10.1 Å². The number of rotatable bonds is 2. The van der Waals surface area contributed by atoms with Gasteiger partial charge in [-0.3, -0.25) is 0 Å². The zero-order valence-electron chi connectivity index (χ0n) is 9.67. The fourth-order valence-electron chi connectivity index (χ4n) is 3.36. The Balaban J connectivity index is 1.74. The predicted octanol–water partition coefficient (Wildman–Crippen LogP) is 3.73. The minimum atomic E-state index is -0.109. The minimum absolute atomic E-state index is 0.109. The Labute approximate surface area is 96.1 Å². The first-order valence-corrected chi connectivity index (χ1v) is 6.25. The molecular formula is C14H18FN. The zero-order chi connectivity index (χ0) is 11.1. The number of hydrogen-bond acceptors (Lipinski definition) is 1. The highest BCUT2D eigenvalue weighted by atomic mass is 19.1. The molecule has 1 aromatic rings. The van der Waals surface area contributed by atoms with Crippen molar-refractivity contribution in [3.05, 3.63) is 29.6 Å². The number of hydrogen-bond donors (Lipinski definition) is 1. The molecule has 2 saturated carbocycles. The van der Waals surface area contributed by atoms with E-state index < -0.39 is 0 Å². The van der Waals surface area contributed by atoms with Crippen molar-refractivity contribution in [3.8, 4) is 0 Å². The van der Waals surface area contributed by atoms with Gasteiger partial charge in [-0.05, 0) is 55.7 Å². The molecule has 0 spiro atoms. The average Bonchev–Trinajstić information content (AvgIpc) is 2.84. The first-order valence-electron chi connectivity index (χ1n) is 6.25. The Morgan fingerprint density at radius 1 is 1.25 bits per heavy atom. The van der Waals surface area contributed by atoms with E-state index in [9.17, 15) is 4.39 Å². The summed E-state index contributed by atoms with van der Waals surface area (Å²) in [6.45, 7) is 1.92. The summed E-state index contributed by atoms with van der Waals surface area (Å²) in [4.78, 5) is 0. The van der Waals surface area contributed by atoms with Gasteiger partial charge in [-0.1, -0.05) is 12.5 Å². The van der Waals surface area contributed by atoms with Crippen LogP contribution in [0.15, 0.2) is 18.2 Å². The van der Waals surface area contributed by atoms with Gasteiger partial charge in [0.2, 0.25) is 0 Å². The Bertz CT molecular complexity index is 402. The maximum Gasteiger partial charge on any atom is 0.146 e. The predicted molar refractivity (Wildman–Crippen MR) is 64.0 cm³/mol. The third-order valence-corrected chi connectivity index (χ3v) is 4.20. The van der Waals surface area contributed by atoms with Gasteiger partial charge in [0.25, 0.3) is 0 Å². The van der Waals surface area contributed by atoms with Crippen molar-refractivity contribution in [1.82, 2.24) is 0 Å². The third-order valence-electron chi connectivity index (χ3n) is 4.20. The van der Waals surface area contributed by atoms with E-state index in [-0.39, 0.29) is 5.82 Å². The molecule has 3 unspecified atom stereocenters. The summed E-state index contributed by atoms with van der Waals surface area (Å²) >= 11 is 0.